The monoisotopic (exact) mass is 253 g/mol. The molecule has 0 spiro atoms. The van der Waals surface area contributed by atoms with E-state index in [1.165, 1.54) is 44.1 Å². The van der Waals surface area contributed by atoms with Crippen LogP contribution in [-0.4, -0.2) is 0 Å². The molecule has 0 heterocycles. The van der Waals surface area contributed by atoms with E-state index >= 15 is 0 Å². The van der Waals surface area contributed by atoms with Gasteiger partial charge in [0.15, 0.2) is 0 Å². The molecular weight excluding hydrogens is 230 g/mol. The van der Waals surface area contributed by atoms with Crippen molar-refractivity contribution in [3.63, 3.8) is 0 Å². The molecule has 0 saturated heterocycles. The lowest BCUT2D eigenvalue weighted by Gasteiger charge is -2.27. The zero-order chi connectivity index (χ0) is 13.5. The van der Waals surface area contributed by atoms with Crippen molar-refractivity contribution in [3.8, 4) is 6.07 Å². The minimum absolute atomic E-state index is 0.758. The van der Waals surface area contributed by atoms with Crippen LogP contribution >= 0.6 is 0 Å². The van der Waals surface area contributed by atoms with Crippen molar-refractivity contribution in [2.75, 3.05) is 0 Å². The molecule has 1 heteroatoms. The summed E-state index contributed by atoms with van der Waals surface area (Å²) in [7, 11) is 0. The van der Waals surface area contributed by atoms with E-state index in [2.05, 4.69) is 30.9 Å². The molecule has 1 aliphatic carbocycles. The highest BCUT2D eigenvalue weighted by Crippen LogP contribution is 2.33. The molecule has 1 saturated carbocycles. The van der Waals surface area contributed by atoms with Crippen molar-refractivity contribution < 1.29 is 0 Å². The molecule has 1 aliphatic rings. The summed E-state index contributed by atoms with van der Waals surface area (Å²) in [6.07, 6.45) is 11.2. The van der Waals surface area contributed by atoms with Crippen molar-refractivity contribution in [1.82, 2.24) is 0 Å². The van der Waals surface area contributed by atoms with E-state index in [0.29, 0.717) is 0 Å². The molecule has 0 atom stereocenters. The molecule has 2 rings (SSSR count). The Balaban J connectivity index is 1.74. The van der Waals surface area contributed by atoms with E-state index in [1.807, 2.05) is 12.1 Å². The Morgan fingerprint density at radius 3 is 2.32 bits per heavy atom. The fourth-order valence-corrected chi connectivity index (χ4v) is 3.11. The third-order valence-electron chi connectivity index (χ3n) is 4.39. The Bertz CT molecular complexity index is 430. The Morgan fingerprint density at radius 1 is 1.11 bits per heavy atom. The van der Waals surface area contributed by atoms with Gasteiger partial charge in [0, 0.05) is 0 Å². The van der Waals surface area contributed by atoms with Gasteiger partial charge in [-0.1, -0.05) is 31.1 Å². The first-order valence-corrected chi connectivity index (χ1v) is 7.41. The van der Waals surface area contributed by atoms with Crippen molar-refractivity contribution >= 4 is 0 Å². The largest absolute Gasteiger partial charge is 0.192 e. The predicted octanol–water partition coefficient (Wildman–Crippen LogP) is 4.87. The molecule has 0 radical (unpaired) electrons. The van der Waals surface area contributed by atoms with E-state index in [9.17, 15) is 0 Å². The third kappa shape index (κ3) is 4.24. The Hall–Kier alpha value is -1.55. The summed E-state index contributed by atoms with van der Waals surface area (Å²) in [5.74, 6) is 1.79. The van der Waals surface area contributed by atoms with Gasteiger partial charge in [0.1, 0.15) is 0 Å². The van der Waals surface area contributed by atoms with Gasteiger partial charge < -0.3 is 0 Å². The second-order valence-corrected chi connectivity index (χ2v) is 5.76. The van der Waals surface area contributed by atoms with Crippen molar-refractivity contribution in [1.29, 1.82) is 5.26 Å². The van der Waals surface area contributed by atoms with E-state index in [4.69, 9.17) is 5.26 Å². The molecule has 1 aromatic rings. The van der Waals surface area contributed by atoms with Gasteiger partial charge in [-0.15, -0.1) is 6.58 Å². The highest BCUT2D eigenvalue weighted by atomic mass is 14.3. The maximum Gasteiger partial charge on any atom is 0.0991 e. The van der Waals surface area contributed by atoms with Crippen molar-refractivity contribution in [2.24, 2.45) is 11.8 Å². The molecule has 1 fully saturated rings. The first-order chi connectivity index (χ1) is 9.31. The Labute approximate surface area is 117 Å². The van der Waals surface area contributed by atoms with Gasteiger partial charge in [0.2, 0.25) is 0 Å². The van der Waals surface area contributed by atoms with Crippen LogP contribution in [0.3, 0.4) is 0 Å². The van der Waals surface area contributed by atoms with E-state index < -0.39 is 0 Å². The average Bonchev–Trinajstić information content (AvgIpc) is 2.47. The lowest BCUT2D eigenvalue weighted by atomic mass is 9.78. The molecule has 0 bridgehead atoms. The molecule has 0 unspecified atom stereocenters. The quantitative estimate of drug-likeness (QED) is 0.686. The molecule has 0 aromatic heterocycles. The number of benzene rings is 1. The Kier molecular flexibility index (Phi) is 5.21. The average molecular weight is 253 g/mol. The van der Waals surface area contributed by atoms with Gasteiger partial charge in [-0.3, -0.25) is 0 Å². The number of aryl methyl sites for hydroxylation is 1. The number of allylic oxidation sites excluding steroid dienone is 1. The van der Waals surface area contributed by atoms with Crippen molar-refractivity contribution in [2.45, 2.75) is 44.9 Å². The van der Waals surface area contributed by atoms with Gasteiger partial charge >= 0.3 is 0 Å². The molecule has 0 N–H and O–H groups in total. The summed E-state index contributed by atoms with van der Waals surface area (Å²) in [5.41, 5.74) is 2.13. The van der Waals surface area contributed by atoms with Gasteiger partial charge in [0.25, 0.3) is 0 Å². The molecule has 19 heavy (non-hydrogen) atoms. The maximum absolute atomic E-state index is 8.77. The first-order valence-electron chi connectivity index (χ1n) is 7.41. The number of hydrogen-bond acceptors (Lipinski definition) is 1. The smallest absolute Gasteiger partial charge is 0.0991 e. The molecule has 100 valence electrons. The molecule has 0 amide bonds. The molecule has 0 aliphatic heterocycles. The van der Waals surface area contributed by atoms with Crippen LogP contribution in [0.2, 0.25) is 0 Å². The van der Waals surface area contributed by atoms with Gasteiger partial charge in [-0.2, -0.15) is 5.26 Å². The normalized spacial score (nSPS) is 22.7. The summed E-state index contributed by atoms with van der Waals surface area (Å²) in [6, 6.07) is 10.2. The van der Waals surface area contributed by atoms with Crippen LogP contribution in [0.5, 0.6) is 0 Å². The molecule has 1 aromatic carbocycles. The fraction of sp³-hybridized carbons (Fsp3) is 0.500. The lowest BCUT2D eigenvalue weighted by Crippen LogP contribution is -2.14. The van der Waals surface area contributed by atoms with E-state index in [-0.39, 0.29) is 0 Å². The number of nitriles is 1. The predicted molar refractivity (Wildman–Crippen MR) is 79.7 cm³/mol. The van der Waals surface area contributed by atoms with E-state index in [1.54, 1.807) is 0 Å². The first kappa shape index (κ1) is 13.9. The van der Waals surface area contributed by atoms with Crippen LogP contribution in [0.15, 0.2) is 36.9 Å². The Morgan fingerprint density at radius 2 is 1.74 bits per heavy atom. The summed E-state index contributed by atoms with van der Waals surface area (Å²) in [4.78, 5) is 0. The second-order valence-electron chi connectivity index (χ2n) is 5.76. The van der Waals surface area contributed by atoms with Crippen LogP contribution in [0.25, 0.3) is 0 Å². The number of nitrogens with zero attached hydrogens (tertiary/aromatic N) is 1. The second kappa shape index (κ2) is 7.14. The van der Waals surface area contributed by atoms with Gasteiger partial charge in [-0.05, 0) is 61.6 Å². The number of rotatable bonds is 5. The van der Waals surface area contributed by atoms with Crippen LogP contribution in [0.4, 0.5) is 0 Å². The molecule has 1 nitrogen and oxygen atoms in total. The maximum atomic E-state index is 8.77. The van der Waals surface area contributed by atoms with E-state index in [0.717, 1.165) is 23.8 Å². The lowest BCUT2D eigenvalue weighted by molar-refractivity contribution is 0.265. The standard InChI is InChI=1S/C18H23N/c1-2-3-15-4-6-16(7-5-15)8-9-17-10-12-18(14-19)13-11-17/h2,10-13,15-16H,1,3-9H2. The highest BCUT2D eigenvalue weighted by Gasteiger charge is 2.19. The molecular formula is C18H23N. The van der Waals surface area contributed by atoms with Crippen molar-refractivity contribution in [3.05, 3.63) is 48.0 Å². The van der Waals surface area contributed by atoms with Crippen LogP contribution in [0.1, 0.15) is 49.7 Å². The van der Waals surface area contributed by atoms with Crippen LogP contribution in [0, 0.1) is 23.2 Å². The van der Waals surface area contributed by atoms with Gasteiger partial charge in [-0.25, -0.2) is 0 Å². The van der Waals surface area contributed by atoms with Crippen LogP contribution in [-0.2, 0) is 6.42 Å². The van der Waals surface area contributed by atoms with Gasteiger partial charge in [0.05, 0.1) is 11.6 Å². The topological polar surface area (TPSA) is 23.8 Å². The zero-order valence-electron chi connectivity index (χ0n) is 11.6. The summed E-state index contributed by atoms with van der Waals surface area (Å²) in [5, 5.41) is 8.77. The minimum Gasteiger partial charge on any atom is -0.192 e. The highest BCUT2D eigenvalue weighted by molar-refractivity contribution is 5.31. The zero-order valence-corrected chi connectivity index (χ0v) is 11.6. The number of hydrogen-bond donors (Lipinski definition) is 0. The minimum atomic E-state index is 0.758. The summed E-state index contributed by atoms with van der Waals surface area (Å²) >= 11 is 0. The summed E-state index contributed by atoms with van der Waals surface area (Å²) in [6.45, 7) is 3.84. The SMILES string of the molecule is C=CCC1CCC(CCc2ccc(C#N)cc2)CC1. The van der Waals surface area contributed by atoms with Crippen LogP contribution < -0.4 is 0 Å². The summed E-state index contributed by atoms with van der Waals surface area (Å²) < 4.78 is 0. The third-order valence-corrected chi connectivity index (χ3v) is 4.39. The fourth-order valence-electron chi connectivity index (χ4n) is 3.11.